The van der Waals surface area contributed by atoms with Crippen molar-refractivity contribution in [2.75, 3.05) is 0 Å². The molecule has 0 radical (unpaired) electrons. The molecule has 2 aromatic rings. The molecule has 2 saturated heterocycles. The van der Waals surface area contributed by atoms with Gasteiger partial charge in [-0.05, 0) is 68.4 Å². The Balaban J connectivity index is 0.00000225. The molecular weight excluding hydrogens is 372 g/mol. The minimum Gasteiger partial charge on any atom is -0.457 e. The van der Waals surface area contributed by atoms with Gasteiger partial charge in [0.1, 0.15) is 11.5 Å². The van der Waals surface area contributed by atoms with Crippen molar-refractivity contribution in [1.29, 1.82) is 0 Å². The molecular formula is C23H29ClN2O2. The zero-order valence-corrected chi connectivity index (χ0v) is 17.1. The van der Waals surface area contributed by atoms with Gasteiger partial charge in [-0.1, -0.05) is 30.3 Å². The number of piperidine rings is 1. The molecule has 0 spiro atoms. The highest BCUT2D eigenvalue weighted by molar-refractivity contribution is 5.85. The van der Waals surface area contributed by atoms with Crippen molar-refractivity contribution in [1.82, 2.24) is 10.6 Å². The molecule has 0 aliphatic carbocycles. The average Bonchev–Trinajstić information content (AvgIpc) is 3.01. The summed E-state index contributed by atoms with van der Waals surface area (Å²) in [6.45, 7) is 2.04. The minimum atomic E-state index is 0. The lowest BCUT2D eigenvalue weighted by Gasteiger charge is -2.29. The van der Waals surface area contributed by atoms with Crippen LogP contribution < -0.4 is 15.4 Å². The molecule has 3 atom stereocenters. The Hall–Kier alpha value is -2.04. The number of carbonyl (C=O) groups excluding carboxylic acids is 1. The number of hydrogen-bond acceptors (Lipinski definition) is 3. The summed E-state index contributed by atoms with van der Waals surface area (Å²) >= 11 is 0. The van der Waals surface area contributed by atoms with Gasteiger partial charge < -0.3 is 15.4 Å². The normalized spacial score (nSPS) is 24.1. The van der Waals surface area contributed by atoms with Gasteiger partial charge in [-0.25, -0.2) is 0 Å². The smallest absolute Gasteiger partial charge is 0.220 e. The van der Waals surface area contributed by atoms with Gasteiger partial charge in [0.2, 0.25) is 5.91 Å². The van der Waals surface area contributed by atoms with Crippen molar-refractivity contribution in [2.24, 2.45) is 5.92 Å². The van der Waals surface area contributed by atoms with E-state index in [2.05, 4.69) is 10.6 Å². The van der Waals surface area contributed by atoms with Gasteiger partial charge in [-0.3, -0.25) is 4.79 Å². The van der Waals surface area contributed by atoms with E-state index in [9.17, 15) is 4.79 Å². The molecule has 4 rings (SSSR count). The fourth-order valence-corrected chi connectivity index (χ4v) is 4.44. The van der Waals surface area contributed by atoms with Gasteiger partial charge in [0.05, 0.1) is 6.04 Å². The number of fused-ring (bicyclic) bond motifs is 2. The molecule has 28 heavy (non-hydrogen) atoms. The lowest BCUT2D eigenvalue weighted by Crippen LogP contribution is -2.40. The van der Waals surface area contributed by atoms with Crippen LogP contribution in [0.3, 0.4) is 0 Å². The molecule has 5 heteroatoms. The molecule has 2 aliphatic rings. The Labute approximate surface area is 173 Å². The van der Waals surface area contributed by atoms with Crippen molar-refractivity contribution in [3.8, 4) is 11.5 Å². The molecule has 1 amide bonds. The van der Waals surface area contributed by atoms with E-state index in [0.717, 1.165) is 29.9 Å². The Morgan fingerprint density at radius 2 is 1.64 bits per heavy atom. The van der Waals surface area contributed by atoms with Gasteiger partial charge in [0.25, 0.3) is 0 Å². The number of nitrogens with one attached hydrogen (secondary N) is 2. The third-order valence-electron chi connectivity index (χ3n) is 5.78. The van der Waals surface area contributed by atoms with Gasteiger partial charge in [-0.15, -0.1) is 12.4 Å². The van der Waals surface area contributed by atoms with Gasteiger partial charge in [-0.2, -0.15) is 0 Å². The maximum atomic E-state index is 12.5. The summed E-state index contributed by atoms with van der Waals surface area (Å²) in [6.07, 6.45) is 5.48. The van der Waals surface area contributed by atoms with Crippen LogP contribution in [0.1, 0.15) is 50.6 Å². The molecule has 2 aliphatic heterocycles. The van der Waals surface area contributed by atoms with E-state index in [-0.39, 0.29) is 24.4 Å². The van der Waals surface area contributed by atoms with E-state index in [0.29, 0.717) is 24.4 Å². The molecule has 4 nitrogen and oxygen atoms in total. The lowest BCUT2D eigenvalue weighted by atomic mass is 9.89. The Morgan fingerprint density at radius 3 is 2.29 bits per heavy atom. The van der Waals surface area contributed by atoms with E-state index in [4.69, 9.17) is 4.74 Å². The fraction of sp³-hybridized carbons (Fsp3) is 0.435. The van der Waals surface area contributed by atoms with E-state index < -0.39 is 0 Å². The third kappa shape index (κ3) is 5.27. The van der Waals surface area contributed by atoms with Crippen LogP contribution in [0.15, 0.2) is 54.6 Å². The largest absolute Gasteiger partial charge is 0.457 e. The van der Waals surface area contributed by atoms with E-state index in [1.54, 1.807) is 0 Å². The zero-order chi connectivity index (χ0) is 18.6. The van der Waals surface area contributed by atoms with Crippen molar-refractivity contribution in [3.63, 3.8) is 0 Å². The summed E-state index contributed by atoms with van der Waals surface area (Å²) in [5.41, 5.74) is 1.09. The van der Waals surface area contributed by atoms with Crippen LogP contribution in [0.2, 0.25) is 0 Å². The standard InChI is InChI=1S/C23H28N2O2.ClH/c1-16(24-23(26)15-17-13-19-9-10-20(14-17)25-19)18-7-11-22(12-8-18)27-21-5-3-2-4-6-21;/h2-8,11-12,16-17,19-20,25H,9-10,13-15H2,1H3,(H,24,26);1H. The first-order valence-corrected chi connectivity index (χ1v) is 10.0. The van der Waals surface area contributed by atoms with Gasteiger partial charge in [0, 0.05) is 18.5 Å². The maximum absolute atomic E-state index is 12.5. The summed E-state index contributed by atoms with van der Waals surface area (Å²) in [5.74, 6) is 2.31. The lowest BCUT2D eigenvalue weighted by molar-refractivity contribution is -0.122. The molecule has 150 valence electrons. The number of ether oxygens (including phenoxy) is 1. The molecule has 2 heterocycles. The van der Waals surface area contributed by atoms with Crippen LogP contribution in [0.25, 0.3) is 0 Å². The predicted molar refractivity (Wildman–Crippen MR) is 114 cm³/mol. The van der Waals surface area contributed by atoms with Crippen LogP contribution in [0, 0.1) is 5.92 Å². The summed E-state index contributed by atoms with van der Waals surface area (Å²) in [4.78, 5) is 12.5. The van der Waals surface area contributed by atoms with Gasteiger partial charge in [0.15, 0.2) is 0 Å². The van der Waals surface area contributed by atoms with Crippen LogP contribution in [0.5, 0.6) is 11.5 Å². The van der Waals surface area contributed by atoms with E-state index in [1.165, 1.54) is 12.8 Å². The average molecular weight is 401 g/mol. The maximum Gasteiger partial charge on any atom is 0.220 e. The second kappa shape index (κ2) is 9.44. The summed E-state index contributed by atoms with van der Waals surface area (Å²) in [5, 5.41) is 6.80. The number of halogens is 1. The Kier molecular flexibility index (Phi) is 6.97. The predicted octanol–water partition coefficient (Wildman–Crippen LogP) is 5.00. The molecule has 0 saturated carbocycles. The Morgan fingerprint density at radius 1 is 1.04 bits per heavy atom. The summed E-state index contributed by atoms with van der Waals surface area (Å²) in [6, 6.07) is 19.0. The topological polar surface area (TPSA) is 50.4 Å². The number of rotatable bonds is 6. The van der Waals surface area contributed by atoms with Crippen molar-refractivity contribution < 1.29 is 9.53 Å². The molecule has 2 bridgehead atoms. The van der Waals surface area contributed by atoms with Crippen LogP contribution in [0.4, 0.5) is 0 Å². The first-order valence-electron chi connectivity index (χ1n) is 10.0. The number of hydrogen-bond donors (Lipinski definition) is 2. The van der Waals surface area contributed by atoms with Crippen LogP contribution in [-0.4, -0.2) is 18.0 Å². The van der Waals surface area contributed by atoms with Crippen LogP contribution >= 0.6 is 12.4 Å². The van der Waals surface area contributed by atoms with Crippen molar-refractivity contribution in [3.05, 3.63) is 60.2 Å². The highest BCUT2D eigenvalue weighted by atomic mass is 35.5. The number of benzene rings is 2. The quantitative estimate of drug-likeness (QED) is 0.717. The summed E-state index contributed by atoms with van der Waals surface area (Å²) in [7, 11) is 0. The minimum absolute atomic E-state index is 0. The zero-order valence-electron chi connectivity index (χ0n) is 16.3. The van der Waals surface area contributed by atoms with Crippen molar-refractivity contribution >= 4 is 18.3 Å². The molecule has 3 unspecified atom stereocenters. The summed E-state index contributed by atoms with van der Waals surface area (Å²) < 4.78 is 5.83. The number of para-hydroxylation sites is 1. The second-order valence-electron chi connectivity index (χ2n) is 7.95. The first kappa shape index (κ1) is 20.7. The molecule has 0 aromatic heterocycles. The number of carbonyl (C=O) groups is 1. The first-order chi connectivity index (χ1) is 13.2. The number of amides is 1. The van der Waals surface area contributed by atoms with Crippen molar-refractivity contribution in [2.45, 2.75) is 57.2 Å². The van der Waals surface area contributed by atoms with E-state index in [1.807, 2.05) is 61.5 Å². The van der Waals surface area contributed by atoms with Gasteiger partial charge >= 0.3 is 0 Å². The monoisotopic (exact) mass is 400 g/mol. The molecule has 2 N–H and O–H groups in total. The highest BCUT2D eigenvalue weighted by Gasteiger charge is 2.34. The fourth-order valence-electron chi connectivity index (χ4n) is 4.44. The SMILES string of the molecule is CC(NC(=O)CC1CC2CCC(C1)N2)c1ccc(Oc2ccccc2)cc1.Cl. The second-order valence-corrected chi connectivity index (χ2v) is 7.95. The highest BCUT2D eigenvalue weighted by Crippen LogP contribution is 2.32. The van der Waals surface area contributed by atoms with Crippen LogP contribution in [-0.2, 0) is 4.79 Å². The molecule has 2 aromatic carbocycles. The van der Waals surface area contributed by atoms with E-state index >= 15 is 0 Å². The molecule has 2 fully saturated rings. The Bertz CT molecular complexity index is 754. The third-order valence-corrected chi connectivity index (χ3v) is 5.78.